The Bertz CT molecular complexity index is 962. The second kappa shape index (κ2) is 6.32. The molecule has 0 spiro atoms. The van der Waals surface area contributed by atoms with Crippen LogP contribution in [-0.2, 0) is 35.7 Å². The van der Waals surface area contributed by atoms with Gasteiger partial charge < -0.3 is 10.1 Å². The average molecular weight is 363 g/mol. The van der Waals surface area contributed by atoms with E-state index in [2.05, 4.69) is 15.2 Å². The van der Waals surface area contributed by atoms with E-state index in [0.717, 1.165) is 5.56 Å². The van der Waals surface area contributed by atoms with Crippen LogP contribution in [0.5, 0.6) is 0 Å². The molecule has 0 aliphatic carbocycles. The summed E-state index contributed by atoms with van der Waals surface area (Å²) in [4.78, 5) is 23.7. The topological polar surface area (TPSA) is 107 Å². The van der Waals surface area contributed by atoms with Gasteiger partial charge in [-0.2, -0.15) is 5.10 Å². The number of rotatable bonds is 3. The van der Waals surface area contributed by atoms with E-state index in [1.807, 2.05) is 25.1 Å². The Morgan fingerprint density at radius 2 is 2.08 bits per heavy atom. The number of ether oxygens (including phenoxy) is 1. The number of nitrogens with zero attached hydrogens (tertiary/aromatic N) is 2. The summed E-state index contributed by atoms with van der Waals surface area (Å²) in [7, 11) is -3.30. The van der Waals surface area contributed by atoms with Gasteiger partial charge in [0, 0.05) is 5.56 Å². The highest BCUT2D eigenvalue weighted by molar-refractivity contribution is 7.90. The van der Waals surface area contributed by atoms with Gasteiger partial charge in [-0.15, -0.1) is 0 Å². The van der Waals surface area contributed by atoms with Crippen LogP contribution < -0.4 is 5.32 Å². The summed E-state index contributed by atoms with van der Waals surface area (Å²) < 4.78 is 29.9. The van der Waals surface area contributed by atoms with Crippen LogP contribution in [0.25, 0.3) is 5.69 Å². The molecule has 2 heterocycles. The van der Waals surface area contributed by atoms with Crippen molar-refractivity contribution in [2.24, 2.45) is 0 Å². The lowest BCUT2D eigenvalue weighted by atomic mass is 10.2. The Hall–Kier alpha value is -2.68. The predicted molar refractivity (Wildman–Crippen MR) is 89.9 cm³/mol. The number of carbonyl (C=O) groups is 2. The van der Waals surface area contributed by atoms with Gasteiger partial charge in [0.05, 0.1) is 29.5 Å². The van der Waals surface area contributed by atoms with Crippen LogP contribution in [0.3, 0.4) is 0 Å². The van der Waals surface area contributed by atoms with Crippen LogP contribution in [-0.4, -0.2) is 36.7 Å². The smallest absolute Gasteiger partial charge is 0.397 e. The molecule has 2 aromatic rings. The molecule has 0 bridgehead atoms. The zero-order valence-electron chi connectivity index (χ0n) is 13.8. The van der Waals surface area contributed by atoms with Crippen LogP contribution in [0, 0.1) is 6.92 Å². The fourth-order valence-corrected chi connectivity index (χ4v) is 4.17. The minimum atomic E-state index is -3.30. The highest BCUT2D eigenvalue weighted by atomic mass is 32.2. The monoisotopic (exact) mass is 363 g/mol. The van der Waals surface area contributed by atoms with E-state index in [1.54, 1.807) is 13.0 Å². The largest absolute Gasteiger partial charge is 0.459 e. The molecule has 0 unspecified atom stereocenters. The molecule has 1 N–H and O–H groups in total. The van der Waals surface area contributed by atoms with Gasteiger partial charge in [0.15, 0.2) is 9.84 Å². The molecule has 0 saturated carbocycles. The van der Waals surface area contributed by atoms with Gasteiger partial charge in [-0.3, -0.25) is 4.79 Å². The number of aromatic nitrogens is 2. The molecule has 0 fully saturated rings. The molecule has 0 atom stereocenters. The molecule has 1 aromatic carbocycles. The molecule has 1 aliphatic rings. The molecule has 1 amide bonds. The highest BCUT2D eigenvalue weighted by Gasteiger charge is 2.34. The molecule has 9 heteroatoms. The normalized spacial score (nSPS) is 14.8. The molecule has 1 aromatic heterocycles. The lowest BCUT2D eigenvalue weighted by Gasteiger charge is -2.11. The van der Waals surface area contributed by atoms with Gasteiger partial charge in [0.25, 0.3) is 0 Å². The molecular formula is C16H17N3O5S. The summed E-state index contributed by atoms with van der Waals surface area (Å²) in [6.07, 6.45) is 0. The lowest BCUT2D eigenvalue weighted by molar-refractivity contribution is -0.152. The Labute approximate surface area is 144 Å². The summed E-state index contributed by atoms with van der Waals surface area (Å²) in [6.45, 7) is 3.56. The van der Waals surface area contributed by atoms with E-state index in [1.165, 1.54) is 4.68 Å². The van der Waals surface area contributed by atoms with E-state index in [-0.39, 0.29) is 23.9 Å². The first kappa shape index (κ1) is 17.2. The minimum Gasteiger partial charge on any atom is -0.459 e. The van der Waals surface area contributed by atoms with Crippen LogP contribution in [0.15, 0.2) is 24.3 Å². The number of benzene rings is 1. The number of aryl methyl sites for hydroxylation is 1. The first-order valence-corrected chi connectivity index (χ1v) is 9.49. The number of sulfone groups is 1. The Morgan fingerprint density at radius 3 is 2.76 bits per heavy atom. The quantitative estimate of drug-likeness (QED) is 0.647. The van der Waals surface area contributed by atoms with Crippen molar-refractivity contribution < 1.29 is 22.7 Å². The second-order valence-electron chi connectivity index (χ2n) is 5.73. The Kier molecular flexibility index (Phi) is 4.34. The van der Waals surface area contributed by atoms with Gasteiger partial charge in [0.1, 0.15) is 5.82 Å². The number of carbonyl (C=O) groups excluding carboxylic acids is 2. The number of nitrogens with one attached hydrogen (secondary N) is 1. The average Bonchev–Trinajstić information content (AvgIpc) is 3.00. The Morgan fingerprint density at radius 1 is 1.32 bits per heavy atom. The summed E-state index contributed by atoms with van der Waals surface area (Å²) in [5.74, 6) is -2.24. The number of anilines is 1. The van der Waals surface area contributed by atoms with Gasteiger partial charge in [-0.25, -0.2) is 17.9 Å². The van der Waals surface area contributed by atoms with Crippen molar-refractivity contribution in [2.45, 2.75) is 25.4 Å². The van der Waals surface area contributed by atoms with Crippen molar-refractivity contribution in [3.8, 4) is 5.69 Å². The molecular weight excluding hydrogens is 346 g/mol. The number of esters is 1. The van der Waals surface area contributed by atoms with E-state index >= 15 is 0 Å². The maximum absolute atomic E-state index is 12.0. The van der Waals surface area contributed by atoms with Crippen molar-refractivity contribution in [2.75, 3.05) is 11.9 Å². The third kappa shape index (κ3) is 3.41. The minimum absolute atomic E-state index is 0.0654. The van der Waals surface area contributed by atoms with Crippen molar-refractivity contribution in [3.05, 3.63) is 41.1 Å². The van der Waals surface area contributed by atoms with E-state index in [0.29, 0.717) is 16.9 Å². The number of fused-ring (bicyclic) bond motifs is 1. The summed E-state index contributed by atoms with van der Waals surface area (Å²) in [6, 6.07) is 7.35. The SMILES string of the molecule is CCOC(=O)C(=O)Nc1c2c(nn1-c1cccc(C)c1)CS(=O)(=O)C2. The molecule has 8 nitrogen and oxygen atoms in total. The lowest BCUT2D eigenvalue weighted by Crippen LogP contribution is -2.26. The first-order chi connectivity index (χ1) is 11.8. The van der Waals surface area contributed by atoms with E-state index in [9.17, 15) is 18.0 Å². The van der Waals surface area contributed by atoms with Gasteiger partial charge in [-0.05, 0) is 31.5 Å². The molecule has 0 saturated heterocycles. The summed E-state index contributed by atoms with van der Waals surface area (Å²) in [5.41, 5.74) is 2.41. The first-order valence-electron chi connectivity index (χ1n) is 7.67. The maximum Gasteiger partial charge on any atom is 0.397 e. The van der Waals surface area contributed by atoms with Crippen molar-refractivity contribution in [1.82, 2.24) is 9.78 Å². The van der Waals surface area contributed by atoms with Crippen LogP contribution in [0.2, 0.25) is 0 Å². The second-order valence-corrected chi connectivity index (χ2v) is 7.80. The van der Waals surface area contributed by atoms with E-state index < -0.39 is 21.7 Å². The van der Waals surface area contributed by atoms with Gasteiger partial charge in [0.2, 0.25) is 0 Å². The van der Waals surface area contributed by atoms with Crippen LogP contribution in [0.4, 0.5) is 5.82 Å². The van der Waals surface area contributed by atoms with E-state index in [4.69, 9.17) is 0 Å². The third-order valence-electron chi connectivity index (χ3n) is 3.73. The molecule has 3 rings (SSSR count). The summed E-state index contributed by atoms with van der Waals surface area (Å²) >= 11 is 0. The molecule has 1 aliphatic heterocycles. The molecule has 0 radical (unpaired) electrons. The van der Waals surface area contributed by atoms with Crippen LogP contribution >= 0.6 is 0 Å². The zero-order valence-corrected chi connectivity index (χ0v) is 14.6. The number of hydrogen-bond donors (Lipinski definition) is 1. The summed E-state index contributed by atoms with van der Waals surface area (Å²) in [5, 5.41) is 6.78. The molecule has 25 heavy (non-hydrogen) atoms. The predicted octanol–water partition coefficient (Wildman–Crippen LogP) is 1.11. The number of amides is 1. The Balaban J connectivity index is 2.05. The fourth-order valence-electron chi connectivity index (χ4n) is 2.67. The highest BCUT2D eigenvalue weighted by Crippen LogP contribution is 2.33. The van der Waals surface area contributed by atoms with Gasteiger partial charge in [-0.1, -0.05) is 12.1 Å². The third-order valence-corrected chi connectivity index (χ3v) is 5.17. The fraction of sp³-hybridized carbons (Fsp3) is 0.312. The van der Waals surface area contributed by atoms with Crippen molar-refractivity contribution in [1.29, 1.82) is 0 Å². The number of hydrogen-bond acceptors (Lipinski definition) is 6. The maximum atomic E-state index is 12.0. The van der Waals surface area contributed by atoms with Crippen molar-refractivity contribution in [3.63, 3.8) is 0 Å². The van der Waals surface area contributed by atoms with Gasteiger partial charge >= 0.3 is 11.9 Å². The zero-order chi connectivity index (χ0) is 18.2. The molecule has 132 valence electrons. The van der Waals surface area contributed by atoms with Crippen LogP contribution in [0.1, 0.15) is 23.7 Å². The standard InChI is InChI=1S/C16H17N3O5S/c1-3-24-16(21)15(20)17-14-12-8-25(22,23)9-13(12)18-19(14)11-6-4-5-10(2)7-11/h4-7H,3,8-9H2,1-2H3,(H,17,20). The van der Waals surface area contributed by atoms with Crippen molar-refractivity contribution >= 4 is 27.5 Å².